The molecule has 0 N–H and O–H groups in total. The number of benzene rings is 24. The minimum atomic E-state index is 0.712. The van der Waals surface area contributed by atoms with Gasteiger partial charge in [-0.1, -0.05) is 72.8 Å². The molecule has 4 aromatic heterocycles. The Morgan fingerprint density at radius 1 is 0.148 bits per heavy atom. The lowest BCUT2D eigenvalue weighted by Crippen LogP contribution is -2.06. The van der Waals surface area contributed by atoms with E-state index < -0.39 is 0 Å². The molecule has 88 heavy (non-hydrogen) atoms. The second-order valence-electron chi connectivity index (χ2n) is 26.7. The van der Waals surface area contributed by atoms with Crippen LogP contribution in [0.4, 0.5) is 0 Å². The largest absolute Gasteiger partial charge is 0.129 e. The molecule has 0 aliphatic rings. The number of nitrogens with zero attached hydrogens (tertiary/aromatic N) is 12. The quantitative estimate of drug-likeness (QED) is 0.105. The highest BCUT2D eigenvalue weighted by atomic mass is 15.3. The van der Waals surface area contributed by atoms with Gasteiger partial charge in [0.25, 0.3) is 0 Å². The first-order valence-corrected chi connectivity index (χ1v) is 30.3. The summed E-state index contributed by atoms with van der Waals surface area (Å²) >= 11 is 0. The average Bonchev–Trinajstić information content (AvgIpc) is 0.637. The zero-order chi connectivity index (χ0) is 55.9. The molecule has 0 unspecified atom stereocenters. The fourth-order valence-corrected chi connectivity index (χ4v) is 21.0. The summed E-state index contributed by atoms with van der Waals surface area (Å²) in [4.78, 5) is 0. The van der Waals surface area contributed by atoms with E-state index in [1.165, 1.54) is 227 Å². The van der Waals surface area contributed by atoms with Crippen molar-refractivity contribution in [2.75, 3.05) is 0 Å². The van der Waals surface area contributed by atoms with Crippen LogP contribution in [0.15, 0.2) is 84.9 Å². The van der Waals surface area contributed by atoms with Crippen LogP contribution in [0.25, 0.3) is 292 Å². The zero-order valence-corrected chi connectivity index (χ0v) is 46.4. The van der Waals surface area contributed by atoms with Gasteiger partial charge in [0.05, 0.1) is 0 Å². The van der Waals surface area contributed by atoms with Crippen LogP contribution in [0, 0.1) is 27.7 Å². The van der Waals surface area contributed by atoms with E-state index in [1.807, 2.05) is 0 Å². The molecule has 0 spiro atoms. The van der Waals surface area contributed by atoms with Crippen molar-refractivity contribution in [3.8, 4) is 0 Å². The minimum absolute atomic E-state index is 0.712. The third-order valence-electron chi connectivity index (χ3n) is 23.7. The van der Waals surface area contributed by atoms with Crippen molar-refractivity contribution in [3.05, 3.63) is 107 Å². The number of hydrogen-bond donors (Lipinski definition) is 0. The molecule has 0 atom stereocenters. The van der Waals surface area contributed by atoms with Crippen LogP contribution in [-0.2, 0) is 0 Å². The van der Waals surface area contributed by atoms with E-state index in [9.17, 15) is 0 Å². The first kappa shape index (κ1) is 40.5. The fraction of sp³-hybridized carbons (Fsp3) is 0.0526. The van der Waals surface area contributed by atoms with Gasteiger partial charge in [-0.3, -0.25) is 0 Å². The summed E-state index contributed by atoms with van der Waals surface area (Å²) in [5.74, 6) is 0. The van der Waals surface area contributed by atoms with Crippen LogP contribution in [0.1, 0.15) is 22.3 Å². The summed E-state index contributed by atoms with van der Waals surface area (Å²) in [5, 5.41) is 115. The second kappa shape index (κ2) is 11.7. The topological polar surface area (TPSA) is 155 Å². The van der Waals surface area contributed by atoms with E-state index >= 15 is 0 Å². The third-order valence-corrected chi connectivity index (χ3v) is 23.7. The van der Waals surface area contributed by atoms with E-state index in [0.717, 1.165) is 65.2 Å². The van der Waals surface area contributed by atoms with Crippen molar-refractivity contribution >= 4 is 292 Å². The van der Waals surface area contributed by atoms with E-state index in [2.05, 4.69) is 133 Å². The molecular formula is C76H26N12. The number of fused-ring (bicyclic) bond motifs is 12. The van der Waals surface area contributed by atoms with Gasteiger partial charge in [0.2, 0.25) is 0 Å². The van der Waals surface area contributed by atoms with Crippen molar-refractivity contribution in [2.24, 2.45) is 0 Å². The molecule has 4 heterocycles. The first-order valence-electron chi connectivity index (χ1n) is 30.3. The lowest BCUT2D eigenvalue weighted by molar-refractivity contribution is 0.905. The van der Waals surface area contributed by atoms with Crippen LogP contribution >= 0.6 is 0 Å². The smallest absolute Gasteiger partial charge is 0.126 e. The van der Waals surface area contributed by atoms with Crippen molar-refractivity contribution in [1.82, 2.24) is 61.6 Å². The predicted molar refractivity (Wildman–Crippen MR) is 359 cm³/mol. The molecule has 12 nitrogen and oxygen atoms in total. The van der Waals surface area contributed by atoms with Gasteiger partial charge in [0.15, 0.2) is 0 Å². The maximum Gasteiger partial charge on any atom is 0.126 e. The number of aromatic nitrogens is 12. The Morgan fingerprint density at radius 2 is 0.318 bits per heavy atom. The second-order valence-corrected chi connectivity index (χ2v) is 26.7. The van der Waals surface area contributed by atoms with Crippen molar-refractivity contribution in [1.29, 1.82) is 0 Å². The van der Waals surface area contributed by atoms with Gasteiger partial charge in [0, 0.05) is 108 Å². The first-order chi connectivity index (χ1) is 43.4. The van der Waals surface area contributed by atoms with Crippen molar-refractivity contribution in [3.63, 3.8) is 0 Å². The van der Waals surface area contributed by atoms with E-state index in [4.69, 9.17) is 40.8 Å². The molecule has 0 saturated heterocycles. The number of aryl methyl sites for hydroxylation is 4. The van der Waals surface area contributed by atoms with Crippen LogP contribution in [-0.4, -0.2) is 61.6 Å². The highest BCUT2D eigenvalue weighted by Gasteiger charge is 2.39. The Labute approximate surface area is 485 Å². The maximum absolute atomic E-state index is 5.12. The average molecular weight is 1110 g/mol. The van der Waals surface area contributed by atoms with Gasteiger partial charge in [0.1, 0.15) is 44.1 Å². The maximum atomic E-state index is 5.12. The Balaban J connectivity index is 1.02. The highest BCUT2D eigenvalue weighted by Crippen LogP contribution is 2.67. The zero-order valence-electron chi connectivity index (χ0n) is 46.4. The number of rotatable bonds is 0. The Morgan fingerprint density at radius 3 is 0.614 bits per heavy atom. The summed E-state index contributed by atoms with van der Waals surface area (Å²) in [6.07, 6.45) is 0. The van der Waals surface area contributed by atoms with Crippen LogP contribution in [0.5, 0.6) is 0 Å². The van der Waals surface area contributed by atoms with Gasteiger partial charge in [-0.25, -0.2) is 0 Å². The summed E-state index contributed by atoms with van der Waals surface area (Å²) in [5.41, 5.74) is 11.2. The van der Waals surface area contributed by atoms with E-state index in [0.29, 0.717) is 22.1 Å². The van der Waals surface area contributed by atoms with Gasteiger partial charge >= 0.3 is 0 Å². The molecule has 0 saturated carbocycles. The van der Waals surface area contributed by atoms with Crippen LogP contribution < -0.4 is 0 Å². The molecule has 12 heteroatoms. The molecule has 0 aliphatic carbocycles. The molecular weight excluding hydrogens is 1080 g/mol. The predicted octanol–water partition coefficient (Wildman–Crippen LogP) is 18.4. The lowest BCUT2D eigenvalue weighted by Gasteiger charge is -2.32. The highest BCUT2D eigenvalue weighted by molar-refractivity contribution is 6.68. The van der Waals surface area contributed by atoms with E-state index in [1.54, 1.807) is 0 Å². The number of hydrogen-bond acceptors (Lipinski definition) is 12. The fourth-order valence-electron chi connectivity index (χ4n) is 21.0. The minimum Gasteiger partial charge on any atom is -0.129 e. The third kappa shape index (κ3) is 3.40. The molecule has 28 aromatic rings. The molecule has 24 aromatic carbocycles. The normalized spacial score (nSPS) is 14.4. The van der Waals surface area contributed by atoms with Crippen LogP contribution in [0.2, 0.25) is 0 Å². The molecule has 0 amide bonds. The lowest BCUT2D eigenvalue weighted by atomic mass is 9.70. The SMILES string of the molecule is Cc1ccc2c3nnnc4c5nnnc6c7ccc8c9cc%10c%11ccc(C)c%12c%13c(C)ccc%14c%15nnnc%16c%17nnnc%18c%19ccc%20c%21cc%22c%23ccc(C)c%24c1c2c1c(c34)c(c65)c2c7c8c(c%21c9c3c%20c%19c4c(c%18%17)c(c%15%16)c(c%14%13)c(c%11%12)c4c%103)c%22c2c1c%23%24. The molecule has 0 aliphatic heterocycles. The molecule has 0 bridgehead atoms. The van der Waals surface area contributed by atoms with Crippen molar-refractivity contribution in [2.45, 2.75) is 27.7 Å². The summed E-state index contributed by atoms with van der Waals surface area (Å²) < 4.78 is 0. The van der Waals surface area contributed by atoms with Gasteiger partial charge in [-0.05, 0) is 223 Å². The standard InChI is InChI=1S/C76H26N12/c1-19-5-9-23-33-17-31-25-13-16-30-46-42(25)52-48-32(18-34-24-10-6-20(2)36-38-22(4)8-12-28-44(38)56-54(40(24)36)60(50(34)52)58(46)64-62(56)66-70(28)78-86-82-74(66)76-68(64)72(30)80-88-84-76)26-14-15-29-45-41(26)51(47(31)48)49(33)59-53-39(23)35(19)37-21(3)7-11-27-43(37)55(53)61-63(57(45)59)67-71(29)79-87-83-75(67)73-65(61)69(27)77-85-81-73/h5-18H,1-4H3. The summed E-state index contributed by atoms with van der Waals surface area (Å²) in [6.45, 7) is 9.18. The van der Waals surface area contributed by atoms with Gasteiger partial charge in [-0.2, -0.15) is 0 Å². The molecule has 0 radical (unpaired) electrons. The Bertz CT molecular complexity index is 7780. The Hall–Kier alpha value is -11.8. The molecule has 390 valence electrons. The molecule has 28 rings (SSSR count). The van der Waals surface area contributed by atoms with Crippen molar-refractivity contribution < 1.29 is 0 Å². The molecule has 0 fully saturated rings. The van der Waals surface area contributed by atoms with Gasteiger partial charge < -0.3 is 0 Å². The van der Waals surface area contributed by atoms with Crippen LogP contribution in [0.3, 0.4) is 0 Å². The Kier molecular flexibility index (Phi) is 5.39. The van der Waals surface area contributed by atoms with E-state index in [-0.39, 0.29) is 0 Å². The van der Waals surface area contributed by atoms with Gasteiger partial charge in [-0.15, -0.1) is 40.8 Å². The monoisotopic (exact) mass is 1110 g/mol. The summed E-state index contributed by atoms with van der Waals surface area (Å²) in [7, 11) is 0. The summed E-state index contributed by atoms with van der Waals surface area (Å²) in [6, 6.07) is 33.6.